The molecule has 6 heavy (non-hydrogen) atoms. The maximum Gasteiger partial charge on any atom is -0.0283 e. The summed E-state index contributed by atoms with van der Waals surface area (Å²) in [6.07, 6.45) is 3.11. The van der Waals surface area contributed by atoms with Crippen molar-refractivity contribution in [3.63, 3.8) is 0 Å². The minimum atomic E-state index is 1.08. The SMILES string of the molecule is [CH2]/C(=C\C)CC. The minimum Gasteiger partial charge on any atom is -0.0885 e. The van der Waals surface area contributed by atoms with Gasteiger partial charge in [-0.3, -0.25) is 0 Å². The van der Waals surface area contributed by atoms with Crippen molar-refractivity contribution in [2.24, 2.45) is 0 Å². The number of rotatable bonds is 1. The lowest BCUT2D eigenvalue weighted by atomic mass is 10.2. The zero-order valence-corrected chi connectivity index (χ0v) is 4.49. The Kier molecular flexibility index (Phi) is 2.82. The predicted octanol–water partition coefficient (Wildman–Crippen LogP) is 2.18. The van der Waals surface area contributed by atoms with Gasteiger partial charge in [0.1, 0.15) is 0 Å². The molecule has 0 heteroatoms. The van der Waals surface area contributed by atoms with E-state index in [1.807, 2.05) is 13.0 Å². The highest BCUT2D eigenvalue weighted by molar-refractivity contribution is 5.01. The second-order valence-corrected chi connectivity index (χ2v) is 1.30. The van der Waals surface area contributed by atoms with Crippen molar-refractivity contribution in [3.8, 4) is 0 Å². The maximum atomic E-state index is 3.74. The van der Waals surface area contributed by atoms with E-state index >= 15 is 0 Å². The smallest absolute Gasteiger partial charge is 0.0283 e. The number of allylic oxidation sites excluding steroid dienone is 2. The molecule has 0 aliphatic rings. The molecule has 0 heterocycles. The average Bonchev–Trinajstić information content (AvgIpc) is 1.65. The van der Waals surface area contributed by atoms with E-state index in [9.17, 15) is 0 Å². The summed E-state index contributed by atoms with van der Waals surface area (Å²) in [4.78, 5) is 0. The van der Waals surface area contributed by atoms with Crippen molar-refractivity contribution < 1.29 is 0 Å². The molecule has 0 aromatic carbocycles. The molecular formula is C6H11. The van der Waals surface area contributed by atoms with Gasteiger partial charge in [0.15, 0.2) is 0 Å². The Bertz CT molecular complexity index is 51.1. The molecule has 0 amide bonds. The van der Waals surface area contributed by atoms with Crippen LogP contribution in [0.25, 0.3) is 0 Å². The van der Waals surface area contributed by atoms with Crippen molar-refractivity contribution in [3.05, 3.63) is 18.6 Å². The monoisotopic (exact) mass is 83.1 g/mol. The lowest BCUT2D eigenvalue weighted by Crippen LogP contribution is -1.64. The molecule has 0 aromatic rings. The average molecular weight is 83.2 g/mol. The molecule has 35 valence electrons. The third-order valence-electron chi connectivity index (χ3n) is 0.862. The molecule has 0 aromatic heterocycles. The van der Waals surface area contributed by atoms with Crippen molar-refractivity contribution in [2.45, 2.75) is 20.3 Å². The summed E-state index contributed by atoms with van der Waals surface area (Å²) in [5, 5.41) is 0. The number of hydrogen-bond acceptors (Lipinski definition) is 0. The molecule has 0 rings (SSSR count). The zero-order chi connectivity index (χ0) is 4.99. The topological polar surface area (TPSA) is 0 Å². The second-order valence-electron chi connectivity index (χ2n) is 1.30. The normalized spacial score (nSPS) is 12.2. The van der Waals surface area contributed by atoms with Crippen LogP contribution < -0.4 is 0 Å². The van der Waals surface area contributed by atoms with Crippen molar-refractivity contribution in [1.29, 1.82) is 0 Å². The highest BCUT2D eigenvalue weighted by Crippen LogP contribution is 1.93. The van der Waals surface area contributed by atoms with Gasteiger partial charge in [0, 0.05) is 0 Å². The molecule has 0 aliphatic carbocycles. The van der Waals surface area contributed by atoms with Gasteiger partial charge in [0.25, 0.3) is 0 Å². The molecular weight excluding hydrogens is 72.1 g/mol. The van der Waals surface area contributed by atoms with Gasteiger partial charge in [-0.2, -0.15) is 0 Å². The summed E-state index contributed by atoms with van der Waals surface area (Å²) in [6.45, 7) is 7.84. The Balaban J connectivity index is 3.22. The van der Waals surface area contributed by atoms with Crippen LogP contribution in [0.2, 0.25) is 0 Å². The lowest BCUT2D eigenvalue weighted by molar-refractivity contribution is 1.14. The van der Waals surface area contributed by atoms with Crippen LogP contribution in [0, 0.1) is 6.92 Å². The summed E-state index contributed by atoms with van der Waals surface area (Å²) in [5.74, 6) is 0. The van der Waals surface area contributed by atoms with Crippen LogP contribution in [0.4, 0.5) is 0 Å². The molecule has 0 atom stereocenters. The maximum absolute atomic E-state index is 3.74. The number of hydrogen-bond donors (Lipinski definition) is 0. The standard InChI is InChI=1S/C6H11/c1-4-6(3)5-2/h4H,3,5H2,1-2H3/b6-4+. The largest absolute Gasteiger partial charge is 0.0885 e. The summed E-state index contributed by atoms with van der Waals surface area (Å²) in [6, 6.07) is 0. The van der Waals surface area contributed by atoms with Gasteiger partial charge in [0.05, 0.1) is 0 Å². The van der Waals surface area contributed by atoms with E-state index < -0.39 is 0 Å². The highest BCUT2D eigenvalue weighted by Gasteiger charge is 1.73. The van der Waals surface area contributed by atoms with Gasteiger partial charge >= 0.3 is 0 Å². The first-order valence-electron chi connectivity index (χ1n) is 2.28. The first kappa shape index (κ1) is 5.74. The third-order valence-corrected chi connectivity index (χ3v) is 0.862. The van der Waals surface area contributed by atoms with Crippen LogP contribution >= 0.6 is 0 Å². The Morgan fingerprint density at radius 3 is 2.33 bits per heavy atom. The van der Waals surface area contributed by atoms with Gasteiger partial charge in [-0.1, -0.05) is 18.6 Å². The van der Waals surface area contributed by atoms with E-state index in [0.717, 1.165) is 6.42 Å². The fourth-order valence-electron chi connectivity index (χ4n) is 0.204. The fraction of sp³-hybridized carbons (Fsp3) is 0.500. The molecule has 0 unspecified atom stereocenters. The van der Waals surface area contributed by atoms with Gasteiger partial charge in [-0.15, -0.1) is 0 Å². The van der Waals surface area contributed by atoms with E-state index in [-0.39, 0.29) is 0 Å². The van der Waals surface area contributed by atoms with Crippen LogP contribution in [0.5, 0.6) is 0 Å². The molecule has 1 radical (unpaired) electrons. The molecule has 0 spiro atoms. The van der Waals surface area contributed by atoms with Crippen LogP contribution in [-0.4, -0.2) is 0 Å². The Labute approximate surface area is 39.9 Å². The van der Waals surface area contributed by atoms with Crippen LogP contribution in [0.15, 0.2) is 11.6 Å². The van der Waals surface area contributed by atoms with Crippen molar-refractivity contribution in [1.82, 2.24) is 0 Å². The summed E-state index contributed by atoms with van der Waals surface area (Å²) in [7, 11) is 0. The van der Waals surface area contributed by atoms with Crippen LogP contribution in [0.3, 0.4) is 0 Å². The van der Waals surface area contributed by atoms with E-state index in [4.69, 9.17) is 0 Å². The van der Waals surface area contributed by atoms with E-state index in [1.165, 1.54) is 5.57 Å². The fourth-order valence-corrected chi connectivity index (χ4v) is 0.204. The van der Waals surface area contributed by atoms with E-state index in [0.29, 0.717) is 0 Å². The molecule has 0 fully saturated rings. The lowest BCUT2D eigenvalue weighted by Gasteiger charge is -1.84. The van der Waals surface area contributed by atoms with Gasteiger partial charge in [-0.05, 0) is 20.3 Å². The highest BCUT2D eigenvalue weighted by atomic mass is 13.8. The third kappa shape index (κ3) is 2.01. The van der Waals surface area contributed by atoms with Gasteiger partial charge in [-0.25, -0.2) is 0 Å². The van der Waals surface area contributed by atoms with E-state index in [1.54, 1.807) is 0 Å². The van der Waals surface area contributed by atoms with Crippen LogP contribution in [0.1, 0.15) is 20.3 Å². The van der Waals surface area contributed by atoms with Crippen molar-refractivity contribution >= 4 is 0 Å². The zero-order valence-electron chi connectivity index (χ0n) is 4.49. The predicted molar refractivity (Wildman–Crippen MR) is 29.4 cm³/mol. The van der Waals surface area contributed by atoms with E-state index in [2.05, 4.69) is 13.8 Å². The minimum absolute atomic E-state index is 1.08. The molecule has 0 saturated heterocycles. The Hall–Kier alpha value is -0.260. The quantitative estimate of drug-likeness (QED) is 0.455. The summed E-state index contributed by atoms with van der Waals surface area (Å²) in [5.41, 5.74) is 1.22. The first-order chi connectivity index (χ1) is 2.81. The Morgan fingerprint density at radius 1 is 1.83 bits per heavy atom. The molecule has 0 saturated carbocycles. The van der Waals surface area contributed by atoms with Crippen LogP contribution in [-0.2, 0) is 0 Å². The Morgan fingerprint density at radius 2 is 2.33 bits per heavy atom. The molecule has 0 bridgehead atoms. The van der Waals surface area contributed by atoms with Crippen molar-refractivity contribution in [2.75, 3.05) is 0 Å². The molecule has 0 nitrogen and oxygen atoms in total. The second kappa shape index (κ2) is 2.95. The first-order valence-corrected chi connectivity index (χ1v) is 2.28. The summed E-state index contributed by atoms with van der Waals surface area (Å²) >= 11 is 0. The van der Waals surface area contributed by atoms with Gasteiger partial charge < -0.3 is 0 Å². The summed E-state index contributed by atoms with van der Waals surface area (Å²) < 4.78 is 0. The van der Waals surface area contributed by atoms with Gasteiger partial charge in [0.2, 0.25) is 0 Å². The molecule has 0 N–H and O–H groups in total. The molecule has 0 aliphatic heterocycles.